The van der Waals surface area contributed by atoms with Gasteiger partial charge in [0.2, 0.25) is 11.8 Å². The van der Waals surface area contributed by atoms with E-state index in [4.69, 9.17) is 19.4 Å². The van der Waals surface area contributed by atoms with E-state index in [-0.39, 0.29) is 52.3 Å². The number of benzene rings is 3. The summed E-state index contributed by atoms with van der Waals surface area (Å²) in [6.07, 6.45) is 3.63. The SMILES string of the molecule is COC(=O)N[C@H](C(=O)N1CC2(CC2)C[C@H]1c1ncc(-c2ccc3c(c2)C(F)(F)c2cc(-c4ccc5nc([C@@H]6C[Si](C)(C)CN6C(=O)[C@H](NC(=O)OC)C(C)C)[nH]c5c4)ccc2-3)[nH]1)C(C)C. The summed E-state index contributed by atoms with van der Waals surface area (Å²) >= 11 is 0. The minimum absolute atomic E-state index is 0.00919. The van der Waals surface area contributed by atoms with Gasteiger partial charge in [-0.3, -0.25) is 9.59 Å². The maximum absolute atomic E-state index is 16.7. The first-order chi connectivity index (χ1) is 30.8. The Morgan fingerprint density at radius 1 is 0.769 bits per heavy atom. The molecule has 9 rings (SSSR count). The number of hydrogen-bond donors (Lipinski definition) is 4. The Balaban J connectivity index is 0.959. The number of carbonyl (C=O) groups is 4. The predicted molar refractivity (Wildman–Crippen MR) is 243 cm³/mol. The molecule has 1 spiro atoms. The van der Waals surface area contributed by atoms with Gasteiger partial charge in [-0.2, -0.15) is 8.78 Å². The highest BCUT2D eigenvalue weighted by Crippen LogP contribution is 2.59. The summed E-state index contributed by atoms with van der Waals surface area (Å²) in [7, 11) is 0.682. The highest BCUT2D eigenvalue weighted by molar-refractivity contribution is 6.78. The number of hydrogen-bond acceptors (Lipinski definition) is 8. The van der Waals surface area contributed by atoms with E-state index in [2.05, 4.69) is 33.7 Å². The first-order valence-corrected chi connectivity index (χ1v) is 25.8. The van der Waals surface area contributed by atoms with E-state index < -0.39 is 38.3 Å². The molecule has 2 aliphatic carbocycles. The largest absolute Gasteiger partial charge is 0.453 e. The van der Waals surface area contributed by atoms with Crippen molar-refractivity contribution in [2.45, 2.75) is 96.2 Å². The Morgan fingerprint density at radius 3 is 1.94 bits per heavy atom. The Labute approximate surface area is 377 Å². The number of imidazole rings is 2. The molecule has 2 aromatic heterocycles. The van der Waals surface area contributed by atoms with Crippen LogP contribution in [-0.2, 0) is 25.0 Å². The van der Waals surface area contributed by atoms with Crippen LogP contribution in [0, 0.1) is 17.3 Å². The first-order valence-electron chi connectivity index (χ1n) is 22.3. The lowest BCUT2D eigenvalue weighted by molar-refractivity contribution is -0.136. The van der Waals surface area contributed by atoms with Crippen LogP contribution >= 0.6 is 0 Å². The number of aromatic nitrogens is 4. The minimum atomic E-state index is -3.29. The first kappa shape index (κ1) is 44.1. The molecule has 2 aliphatic heterocycles. The number of halogens is 2. The van der Waals surface area contributed by atoms with Gasteiger partial charge in [0.1, 0.15) is 23.7 Å². The molecule has 4 aliphatic rings. The number of nitrogens with zero attached hydrogens (tertiary/aromatic N) is 4. The number of likely N-dealkylation sites (tertiary alicyclic amines) is 1. The number of rotatable bonds is 10. The fraction of sp³-hybridized carbons (Fsp3) is 0.458. The summed E-state index contributed by atoms with van der Waals surface area (Å²) in [5.41, 5.74) is 4.63. The van der Waals surface area contributed by atoms with Crippen molar-refractivity contribution in [3.8, 4) is 33.5 Å². The third-order valence-electron chi connectivity index (χ3n) is 13.9. The molecule has 65 heavy (non-hydrogen) atoms. The van der Waals surface area contributed by atoms with Crippen molar-refractivity contribution in [2.24, 2.45) is 17.3 Å². The summed E-state index contributed by atoms with van der Waals surface area (Å²) in [5.74, 6) is -2.81. The number of nitrogens with one attached hydrogen (secondary N) is 4. The van der Waals surface area contributed by atoms with E-state index in [1.54, 1.807) is 29.3 Å². The molecule has 17 heteroatoms. The Hall–Kier alpha value is -6.10. The quantitative estimate of drug-likeness (QED) is 0.101. The fourth-order valence-electron chi connectivity index (χ4n) is 10.2. The molecule has 1 saturated carbocycles. The van der Waals surface area contributed by atoms with Crippen molar-refractivity contribution in [3.05, 3.63) is 83.6 Å². The standard InChI is InChI=1S/C48H56F2N8O6Si/c1-25(2)39(55-45(61)63-5)43(59)57-23-47(15-16-47)20-37(57)41-51-21-36(54-41)29-10-13-31-30-12-9-27(17-32(30)48(49,50)33(31)18-29)28-11-14-34-35(19-28)53-42(52-34)38-22-65(7,8)24-58(38)44(60)40(26(3)4)56-46(62)64-6/h9-14,17-19,21,25-26,37-40H,15-16,20,22-24H2,1-8H3,(H,51,54)(H,52,53)(H,55,61)(H,56,62)/t37-,38-,39-,40+/m0/s1. The van der Waals surface area contributed by atoms with E-state index in [9.17, 15) is 19.2 Å². The van der Waals surface area contributed by atoms with Gasteiger partial charge in [-0.05, 0) is 89.1 Å². The molecule has 4 heterocycles. The second kappa shape index (κ2) is 16.1. The van der Waals surface area contributed by atoms with Crippen LogP contribution in [0.4, 0.5) is 18.4 Å². The average molecular weight is 907 g/mol. The zero-order valence-electron chi connectivity index (χ0n) is 38.0. The minimum Gasteiger partial charge on any atom is -0.453 e. The third kappa shape index (κ3) is 7.94. The van der Waals surface area contributed by atoms with Crippen LogP contribution in [0.3, 0.4) is 0 Å². The lowest BCUT2D eigenvalue weighted by Crippen LogP contribution is -2.52. The second-order valence-corrected chi connectivity index (χ2v) is 24.9. The van der Waals surface area contributed by atoms with Crippen molar-refractivity contribution in [1.29, 1.82) is 0 Å². The van der Waals surface area contributed by atoms with Gasteiger partial charge in [-0.25, -0.2) is 19.6 Å². The third-order valence-corrected chi connectivity index (χ3v) is 16.6. The molecule has 4 atom stereocenters. The van der Waals surface area contributed by atoms with Crippen molar-refractivity contribution >= 4 is 43.1 Å². The van der Waals surface area contributed by atoms with Gasteiger partial charge >= 0.3 is 12.2 Å². The topological polar surface area (TPSA) is 175 Å². The Bertz CT molecular complexity index is 2730. The number of aromatic amines is 2. The molecular formula is C48H56F2N8O6Si. The fourth-order valence-corrected chi connectivity index (χ4v) is 13.1. The van der Waals surface area contributed by atoms with Crippen molar-refractivity contribution < 1.29 is 37.4 Å². The molecule has 3 aromatic carbocycles. The number of alkyl halides is 2. The number of methoxy groups -OCH3 is 2. The maximum Gasteiger partial charge on any atom is 0.407 e. The van der Waals surface area contributed by atoms with Gasteiger partial charge in [0.05, 0.1) is 57.3 Å². The second-order valence-electron chi connectivity index (χ2n) is 19.9. The number of ether oxygens (including phenoxy) is 2. The number of H-pyrrole nitrogens is 2. The zero-order chi connectivity index (χ0) is 46.3. The van der Waals surface area contributed by atoms with Crippen LogP contribution in [0.2, 0.25) is 19.1 Å². The Kier molecular flexibility index (Phi) is 10.9. The average Bonchev–Trinajstić information content (AvgIpc) is 3.73. The number of amides is 4. The number of alkyl carbamates (subject to hydrolysis) is 2. The van der Waals surface area contributed by atoms with E-state index >= 15 is 8.78 Å². The zero-order valence-corrected chi connectivity index (χ0v) is 39.0. The predicted octanol–water partition coefficient (Wildman–Crippen LogP) is 8.69. The molecule has 0 bridgehead atoms. The number of fused-ring (bicyclic) bond motifs is 4. The van der Waals surface area contributed by atoms with Gasteiger partial charge in [0.15, 0.2) is 0 Å². The molecule has 0 radical (unpaired) electrons. The van der Waals surface area contributed by atoms with E-state index in [0.717, 1.165) is 36.4 Å². The van der Waals surface area contributed by atoms with Gasteiger partial charge < -0.3 is 39.9 Å². The molecule has 2 saturated heterocycles. The van der Waals surface area contributed by atoms with E-state index in [1.807, 2.05) is 62.9 Å². The van der Waals surface area contributed by atoms with Gasteiger partial charge in [0, 0.05) is 29.4 Å². The molecule has 3 fully saturated rings. The Morgan fingerprint density at radius 2 is 1.34 bits per heavy atom. The van der Waals surface area contributed by atoms with Crippen molar-refractivity contribution in [2.75, 3.05) is 26.9 Å². The van der Waals surface area contributed by atoms with Crippen LogP contribution in [0.1, 0.15) is 81.8 Å². The summed E-state index contributed by atoms with van der Waals surface area (Å²) < 4.78 is 42.9. The highest BCUT2D eigenvalue weighted by atomic mass is 28.3. The molecular weight excluding hydrogens is 851 g/mol. The summed E-state index contributed by atoms with van der Waals surface area (Å²) in [4.78, 5) is 72.4. The maximum atomic E-state index is 16.7. The highest BCUT2D eigenvalue weighted by Gasteiger charge is 2.55. The van der Waals surface area contributed by atoms with E-state index in [1.165, 1.54) is 20.3 Å². The van der Waals surface area contributed by atoms with Crippen LogP contribution in [0.15, 0.2) is 60.8 Å². The van der Waals surface area contributed by atoms with Crippen LogP contribution in [-0.4, -0.2) is 101 Å². The summed E-state index contributed by atoms with van der Waals surface area (Å²) in [6.45, 7) is 12.5. The van der Waals surface area contributed by atoms with Crippen LogP contribution in [0.25, 0.3) is 44.5 Å². The van der Waals surface area contributed by atoms with Gasteiger partial charge in [-0.15, -0.1) is 0 Å². The van der Waals surface area contributed by atoms with Gasteiger partial charge in [0.25, 0.3) is 5.92 Å². The molecule has 342 valence electrons. The smallest absolute Gasteiger partial charge is 0.407 e. The number of carbonyl (C=O) groups excluding carboxylic acids is 4. The normalized spacial score (nSPS) is 20.8. The lowest BCUT2D eigenvalue weighted by atomic mass is 9.98. The molecule has 5 aromatic rings. The summed E-state index contributed by atoms with van der Waals surface area (Å²) in [6, 6.07) is 14.5. The van der Waals surface area contributed by atoms with Crippen LogP contribution in [0.5, 0.6) is 0 Å². The lowest BCUT2D eigenvalue weighted by Gasteiger charge is -2.30. The summed E-state index contributed by atoms with van der Waals surface area (Å²) in [5, 5.41) is 5.42. The molecule has 14 nitrogen and oxygen atoms in total. The van der Waals surface area contributed by atoms with Crippen molar-refractivity contribution in [3.63, 3.8) is 0 Å². The monoisotopic (exact) mass is 906 g/mol. The molecule has 0 unspecified atom stereocenters. The van der Waals surface area contributed by atoms with E-state index in [0.29, 0.717) is 57.8 Å². The van der Waals surface area contributed by atoms with Crippen LogP contribution < -0.4 is 10.6 Å². The molecule has 4 N–H and O–H groups in total. The van der Waals surface area contributed by atoms with Crippen molar-refractivity contribution in [1.82, 2.24) is 40.4 Å². The van der Waals surface area contributed by atoms with Gasteiger partial charge in [-0.1, -0.05) is 71.1 Å². The molecule has 4 amide bonds.